The van der Waals surface area contributed by atoms with Crippen LogP contribution < -0.4 is 16.0 Å². The van der Waals surface area contributed by atoms with Crippen molar-refractivity contribution in [3.8, 4) is 6.19 Å². The Labute approximate surface area is 176 Å². The molecule has 7 nitrogen and oxygen atoms in total. The molecule has 8 heteroatoms. The molecule has 29 heavy (non-hydrogen) atoms. The highest BCUT2D eigenvalue weighted by Gasteiger charge is 2.27. The molecule has 1 aromatic carbocycles. The third-order valence-corrected chi connectivity index (χ3v) is 4.40. The summed E-state index contributed by atoms with van der Waals surface area (Å²) in [5, 5.41) is 18.9. The lowest BCUT2D eigenvalue weighted by molar-refractivity contribution is -0.122. The van der Waals surface area contributed by atoms with E-state index in [9.17, 15) is 4.79 Å². The Hall–Kier alpha value is -3.11. The number of aromatic nitrogens is 1. The first-order chi connectivity index (χ1) is 13.7. The van der Waals surface area contributed by atoms with E-state index < -0.39 is 6.17 Å². The van der Waals surface area contributed by atoms with Gasteiger partial charge in [-0.25, -0.2) is 0 Å². The van der Waals surface area contributed by atoms with Crippen LogP contribution >= 0.6 is 11.6 Å². The number of amides is 1. The van der Waals surface area contributed by atoms with Crippen LogP contribution in [0.2, 0.25) is 5.02 Å². The monoisotopic (exact) mass is 412 g/mol. The number of aliphatic imine (C=N–C) groups is 1. The Balaban J connectivity index is 2.12. The van der Waals surface area contributed by atoms with Crippen molar-refractivity contribution < 1.29 is 4.79 Å². The molecule has 2 aromatic rings. The number of nitrogens with zero attached hydrogens (tertiary/aromatic N) is 3. The number of hydrogen-bond donors (Lipinski definition) is 3. The quantitative estimate of drug-likeness (QED) is 0.301. The van der Waals surface area contributed by atoms with Crippen molar-refractivity contribution in [1.82, 2.24) is 15.6 Å². The lowest BCUT2D eigenvalue weighted by atomic mass is 9.92. The summed E-state index contributed by atoms with van der Waals surface area (Å²) in [6.45, 7) is 7.78. The largest absolute Gasteiger partial charge is 0.335 e. The average Bonchev–Trinajstić information content (AvgIpc) is 2.64. The van der Waals surface area contributed by atoms with Gasteiger partial charge in [-0.05, 0) is 36.8 Å². The molecule has 0 saturated carbocycles. The summed E-state index contributed by atoms with van der Waals surface area (Å²) in [7, 11) is 0. The number of aryl methyl sites for hydroxylation is 1. The Bertz CT molecular complexity index is 912. The van der Waals surface area contributed by atoms with Gasteiger partial charge in [0, 0.05) is 16.6 Å². The smallest absolute Gasteiger partial charge is 0.226 e. The maximum Gasteiger partial charge on any atom is 0.226 e. The number of anilines is 1. The molecular formula is C21H25ClN6O. The Morgan fingerprint density at radius 2 is 1.93 bits per heavy atom. The summed E-state index contributed by atoms with van der Waals surface area (Å²) >= 11 is 5.90. The number of pyridine rings is 1. The van der Waals surface area contributed by atoms with Crippen molar-refractivity contribution >= 4 is 29.2 Å². The molecule has 0 aliphatic heterocycles. The zero-order valence-corrected chi connectivity index (χ0v) is 17.7. The summed E-state index contributed by atoms with van der Waals surface area (Å²) in [5.41, 5.74) is 1.99. The molecule has 0 radical (unpaired) electrons. The van der Waals surface area contributed by atoms with E-state index in [1.54, 1.807) is 30.6 Å². The van der Waals surface area contributed by atoms with E-state index in [2.05, 4.69) is 25.9 Å². The minimum absolute atomic E-state index is 0.159. The number of halogens is 1. The lowest BCUT2D eigenvalue weighted by Gasteiger charge is -2.33. The molecule has 0 aliphatic rings. The molecule has 0 aliphatic carbocycles. The molecule has 2 rings (SSSR count). The van der Waals surface area contributed by atoms with E-state index in [-0.39, 0.29) is 23.7 Å². The Morgan fingerprint density at radius 1 is 1.24 bits per heavy atom. The first kappa shape index (κ1) is 22.2. The van der Waals surface area contributed by atoms with Crippen LogP contribution in [0.4, 0.5) is 5.69 Å². The number of benzene rings is 1. The highest BCUT2D eigenvalue weighted by molar-refractivity contribution is 6.30. The van der Waals surface area contributed by atoms with E-state index >= 15 is 0 Å². The second kappa shape index (κ2) is 9.89. The molecule has 152 valence electrons. The summed E-state index contributed by atoms with van der Waals surface area (Å²) in [6, 6.07) is 10.8. The van der Waals surface area contributed by atoms with E-state index in [0.717, 1.165) is 11.3 Å². The first-order valence-corrected chi connectivity index (χ1v) is 9.52. The van der Waals surface area contributed by atoms with Gasteiger partial charge in [-0.1, -0.05) is 44.5 Å². The first-order valence-electron chi connectivity index (χ1n) is 9.15. The van der Waals surface area contributed by atoms with Gasteiger partial charge < -0.3 is 16.0 Å². The van der Waals surface area contributed by atoms with Gasteiger partial charge in [-0.2, -0.15) is 5.26 Å². The summed E-state index contributed by atoms with van der Waals surface area (Å²) in [6.07, 6.45) is 3.20. The van der Waals surface area contributed by atoms with Gasteiger partial charge in [0.1, 0.15) is 6.17 Å². The van der Waals surface area contributed by atoms with Crippen LogP contribution in [0, 0.1) is 23.8 Å². The molecule has 0 spiro atoms. The van der Waals surface area contributed by atoms with Crippen LogP contribution in [0.5, 0.6) is 0 Å². The molecule has 0 saturated heterocycles. The van der Waals surface area contributed by atoms with Crippen molar-refractivity contribution in [1.29, 1.82) is 5.26 Å². The fourth-order valence-electron chi connectivity index (χ4n) is 2.50. The minimum atomic E-state index is -0.473. The van der Waals surface area contributed by atoms with Gasteiger partial charge in [0.2, 0.25) is 18.1 Å². The van der Waals surface area contributed by atoms with Gasteiger partial charge in [0.15, 0.2) is 0 Å². The molecular weight excluding hydrogens is 388 g/mol. The SMILES string of the molecule is Cc1ncccc1N/C(=N\C#N)NC(NC(=O)Cc1ccc(Cl)cc1)C(C)(C)C. The van der Waals surface area contributed by atoms with Gasteiger partial charge in [0.25, 0.3) is 0 Å². The number of guanidine groups is 1. The van der Waals surface area contributed by atoms with Gasteiger partial charge in [-0.3, -0.25) is 9.78 Å². The van der Waals surface area contributed by atoms with Gasteiger partial charge >= 0.3 is 0 Å². The van der Waals surface area contributed by atoms with Crippen LogP contribution in [-0.2, 0) is 11.2 Å². The van der Waals surface area contributed by atoms with E-state index in [0.29, 0.717) is 10.7 Å². The zero-order chi connectivity index (χ0) is 21.4. The highest BCUT2D eigenvalue weighted by Crippen LogP contribution is 2.18. The topological polar surface area (TPSA) is 102 Å². The van der Waals surface area contributed by atoms with E-state index in [4.69, 9.17) is 16.9 Å². The molecule has 1 atom stereocenters. The van der Waals surface area contributed by atoms with Crippen molar-refractivity contribution in [2.45, 2.75) is 40.3 Å². The number of hydrogen-bond acceptors (Lipinski definition) is 4. The molecule has 1 aromatic heterocycles. The van der Waals surface area contributed by atoms with E-state index in [1.807, 2.05) is 45.9 Å². The molecule has 0 bridgehead atoms. The van der Waals surface area contributed by atoms with Gasteiger partial charge in [-0.15, -0.1) is 4.99 Å². The van der Waals surface area contributed by atoms with Crippen molar-refractivity contribution in [3.63, 3.8) is 0 Å². The standard InChI is InChI=1S/C21H25ClN6O/c1-14-17(6-5-11-24-14)26-20(25-13-23)28-19(21(2,3)4)27-18(29)12-15-7-9-16(22)10-8-15/h5-11,19H,12H2,1-4H3,(H,27,29)(H2,25,26,28). The van der Waals surface area contributed by atoms with Crippen molar-refractivity contribution in [2.75, 3.05) is 5.32 Å². The van der Waals surface area contributed by atoms with Crippen LogP contribution in [0.25, 0.3) is 0 Å². The zero-order valence-electron chi connectivity index (χ0n) is 17.0. The number of carbonyl (C=O) groups excluding carboxylic acids is 1. The summed E-state index contributed by atoms with van der Waals surface area (Å²) in [5.74, 6) is 0.0731. The predicted octanol–water partition coefficient (Wildman–Crippen LogP) is 3.61. The average molecular weight is 413 g/mol. The van der Waals surface area contributed by atoms with Crippen molar-refractivity contribution in [3.05, 3.63) is 58.9 Å². The van der Waals surface area contributed by atoms with Crippen molar-refractivity contribution in [2.24, 2.45) is 10.4 Å². The normalized spacial score (nSPS) is 12.6. The molecule has 1 amide bonds. The predicted molar refractivity (Wildman–Crippen MR) is 115 cm³/mol. The maximum absolute atomic E-state index is 12.6. The molecule has 1 heterocycles. The fourth-order valence-corrected chi connectivity index (χ4v) is 2.62. The van der Waals surface area contributed by atoms with Crippen LogP contribution in [0.1, 0.15) is 32.0 Å². The van der Waals surface area contributed by atoms with Crippen LogP contribution in [0.3, 0.4) is 0 Å². The number of carbonyl (C=O) groups is 1. The number of nitrogens with one attached hydrogen (secondary N) is 3. The highest BCUT2D eigenvalue weighted by atomic mass is 35.5. The Morgan fingerprint density at radius 3 is 2.52 bits per heavy atom. The second-order valence-electron chi connectivity index (χ2n) is 7.64. The number of rotatable bonds is 5. The fraction of sp³-hybridized carbons (Fsp3) is 0.333. The molecule has 0 fully saturated rings. The summed E-state index contributed by atoms with van der Waals surface area (Å²) in [4.78, 5) is 20.6. The van der Waals surface area contributed by atoms with Crippen LogP contribution in [0.15, 0.2) is 47.6 Å². The van der Waals surface area contributed by atoms with E-state index in [1.165, 1.54) is 0 Å². The maximum atomic E-state index is 12.6. The van der Waals surface area contributed by atoms with Crippen LogP contribution in [-0.4, -0.2) is 23.0 Å². The summed E-state index contributed by atoms with van der Waals surface area (Å²) < 4.78 is 0. The third kappa shape index (κ3) is 7.09. The Kier molecular flexibility index (Phi) is 7.57. The van der Waals surface area contributed by atoms with Gasteiger partial charge in [0.05, 0.1) is 17.8 Å². The number of nitriles is 1. The minimum Gasteiger partial charge on any atom is -0.335 e. The third-order valence-electron chi connectivity index (χ3n) is 4.15. The molecule has 1 unspecified atom stereocenters. The second-order valence-corrected chi connectivity index (χ2v) is 8.07. The lowest BCUT2D eigenvalue weighted by Crippen LogP contribution is -2.56. The molecule has 3 N–H and O–H groups in total.